The van der Waals surface area contributed by atoms with E-state index in [2.05, 4.69) is 25.5 Å². The number of fused-ring (bicyclic) bond motifs is 1. The van der Waals surface area contributed by atoms with Gasteiger partial charge >= 0.3 is 0 Å². The van der Waals surface area contributed by atoms with Crippen LogP contribution in [0.4, 0.5) is 0 Å². The number of rotatable bonds is 6. The fourth-order valence-electron chi connectivity index (χ4n) is 3.43. The zero-order valence-corrected chi connectivity index (χ0v) is 21.5. The normalized spacial score (nSPS) is 12.6. The second kappa shape index (κ2) is 12.4. The van der Waals surface area contributed by atoms with E-state index in [1.807, 2.05) is 58.9 Å². The molecule has 3 N–H and O–H groups in total. The van der Waals surface area contributed by atoms with E-state index in [0.717, 1.165) is 27.9 Å². The summed E-state index contributed by atoms with van der Waals surface area (Å²) in [7, 11) is 0. The van der Waals surface area contributed by atoms with Gasteiger partial charge in [0.1, 0.15) is 23.2 Å². The monoisotopic (exact) mass is 497 g/mol. The molecule has 0 bridgehead atoms. The predicted octanol–water partition coefficient (Wildman–Crippen LogP) is 5.67. The Hall–Kier alpha value is -3.36. The topological polar surface area (TPSA) is 105 Å². The number of nitrogens with zero attached hydrogens (tertiary/aromatic N) is 2. The Morgan fingerprint density at radius 1 is 1.20 bits per heavy atom. The van der Waals surface area contributed by atoms with Crippen molar-refractivity contribution in [3.05, 3.63) is 64.6 Å². The van der Waals surface area contributed by atoms with Crippen LogP contribution in [0.3, 0.4) is 0 Å². The van der Waals surface area contributed by atoms with Gasteiger partial charge in [-0.1, -0.05) is 45.4 Å². The Labute approximate surface area is 210 Å². The second-order valence-electron chi connectivity index (χ2n) is 7.40. The van der Waals surface area contributed by atoms with E-state index in [4.69, 9.17) is 21.1 Å². The first-order chi connectivity index (χ1) is 17.1. The van der Waals surface area contributed by atoms with Crippen molar-refractivity contribution in [3.8, 4) is 17.0 Å². The van der Waals surface area contributed by atoms with Crippen LogP contribution < -0.4 is 10.1 Å². The molecule has 0 saturated carbocycles. The number of hydrogen-bond donors (Lipinski definition) is 3. The predicted molar refractivity (Wildman–Crippen MR) is 139 cm³/mol. The molecule has 0 atom stereocenters. The van der Waals surface area contributed by atoms with E-state index in [9.17, 15) is 4.79 Å². The van der Waals surface area contributed by atoms with Crippen LogP contribution in [0.5, 0.6) is 5.75 Å². The molecule has 9 heteroatoms. The highest BCUT2D eigenvalue weighted by Crippen LogP contribution is 2.28. The number of nitrogens with one attached hydrogen (secondary N) is 3. The highest BCUT2D eigenvalue weighted by atomic mass is 35.5. The number of carbonyl (C=O) groups is 1. The summed E-state index contributed by atoms with van der Waals surface area (Å²) in [5.41, 5.74) is 4.43. The second-order valence-corrected chi connectivity index (χ2v) is 7.81. The van der Waals surface area contributed by atoms with Gasteiger partial charge in [-0.05, 0) is 37.3 Å². The highest BCUT2D eigenvalue weighted by molar-refractivity contribution is 6.31. The minimum Gasteiger partial charge on any atom is -0.485 e. The van der Waals surface area contributed by atoms with Gasteiger partial charge in [0.05, 0.1) is 25.1 Å². The average Bonchev–Trinajstić information content (AvgIpc) is 3.49. The van der Waals surface area contributed by atoms with E-state index in [1.54, 1.807) is 18.3 Å². The molecule has 0 aliphatic carbocycles. The van der Waals surface area contributed by atoms with Gasteiger partial charge in [-0.25, -0.2) is 4.98 Å². The molecule has 35 heavy (non-hydrogen) atoms. The Kier molecular flexibility index (Phi) is 9.28. The van der Waals surface area contributed by atoms with Crippen LogP contribution in [0, 0.1) is 6.92 Å². The van der Waals surface area contributed by atoms with Crippen LogP contribution in [0.15, 0.2) is 42.6 Å². The van der Waals surface area contributed by atoms with Crippen molar-refractivity contribution >= 4 is 28.5 Å². The number of aromatic nitrogens is 4. The lowest BCUT2D eigenvalue weighted by atomic mass is 10.1. The first-order valence-electron chi connectivity index (χ1n) is 11.9. The van der Waals surface area contributed by atoms with Crippen LogP contribution in [0.25, 0.3) is 22.3 Å². The SMILES string of the molecule is CC.CC.Cc1[nH]ncc1-c1ccc2cc(C(=O)NCc3c(Cl)cccc3OC3COC3)[nH]c2n1. The van der Waals surface area contributed by atoms with E-state index in [-0.39, 0.29) is 18.6 Å². The number of amides is 1. The fraction of sp³-hybridized carbons (Fsp3) is 0.346. The fourth-order valence-corrected chi connectivity index (χ4v) is 3.67. The van der Waals surface area contributed by atoms with E-state index < -0.39 is 0 Å². The third-order valence-electron chi connectivity index (χ3n) is 5.23. The van der Waals surface area contributed by atoms with E-state index in [1.165, 1.54) is 0 Å². The van der Waals surface area contributed by atoms with Crippen LogP contribution in [0.1, 0.15) is 49.4 Å². The summed E-state index contributed by atoms with van der Waals surface area (Å²) in [6, 6.07) is 11.1. The smallest absolute Gasteiger partial charge is 0.268 e. The van der Waals surface area contributed by atoms with E-state index in [0.29, 0.717) is 35.3 Å². The Bertz CT molecular complexity index is 1260. The molecule has 0 spiro atoms. The lowest BCUT2D eigenvalue weighted by molar-refractivity contribution is -0.0800. The van der Waals surface area contributed by atoms with Crippen molar-refractivity contribution in [1.29, 1.82) is 0 Å². The summed E-state index contributed by atoms with van der Waals surface area (Å²) in [5, 5.41) is 11.2. The Morgan fingerprint density at radius 3 is 2.63 bits per heavy atom. The summed E-state index contributed by atoms with van der Waals surface area (Å²) in [5.74, 6) is 0.399. The molecular weight excluding hydrogens is 466 g/mol. The van der Waals surface area contributed by atoms with Gasteiger partial charge in [0.2, 0.25) is 0 Å². The maximum absolute atomic E-state index is 12.8. The molecule has 0 radical (unpaired) electrons. The van der Waals surface area contributed by atoms with Gasteiger partial charge < -0.3 is 19.8 Å². The number of aryl methyl sites for hydroxylation is 1. The molecule has 1 fully saturated rings. The first-order valence-corrected chi connectivity index (χ1v) is 12.3. The molecule has 3 aromatic heterocycles. The number of benzene rings is 1. The van der Waals surface area contributed by atoms with Gasteiger partial charge in [-0.3, -0.25) is 9.89 Å². The molecule has 5 rings (SSSR count). The van der Waals surface area contributed by atoms with Crippen molar-refractivity contribution in [3.63, 3.8) is 0 Å². The van der Waals surface area contributed by atoms with E-state index >= 15 is 0 Å². The quantitative estimate of drug-likeness (QED) is 0.318. The number of aromatic amines is 2. The van der Waals surface area contributed by atoms with Gasteiger partial charge in [0.25, 0.3) is 5.91 Å². The van der Waals surface area contributed by atoms with Crippen LogP contribution in [0.2, 0.25) is 5.02 Å². The molecule has 1 aliphatic rings. The van der Waals surface area contributed by atoms with Crippen molar-refractivity contribution in [2.75, 3.05) is 13.2 Å². The number of pyridine rings is 1. The standard InChI is InChI=1S/C22H20ClN5O3.2C2H6/c1-12-15(9-25-28-12)18-6-5-13-7-19(27-21(13)26-18)22(29)24-8-16-17(23)3-2-4-20(16)31-14-10-30-11-14;2*1-2/h2-7,9,14H,8,10-11H2,1H3,(H,24,29)(H,25,28)(H,26,27);2*1-2H3. The van der Waals surface area contributed by atoms with Crippen molar-refractivity contribution in [1.82, 2.24) is 25.5 Å². The van der Waals surface area contributed by atoms with Gasteiger partial charge in [-0.15, -0.1) is 0 Å². The Balaban J connectivity index is 0.000000815. The zero-order chi connectivity index (χ0) is 25.4. The summed E-state index contributed by atoms with van der Waals surface area (Å²) in [6.07, 6.45) is 1.75. The molecule has 1 saturated heterocycles. The number of ether oxygens (including phenoxy) is 2. The third-order valence-corrected chi connectivity index (χ3v) is 5.59. The van der Waals surface area contributed by atoms with Gasteiger partial charge in [0.15, 0.2) is 0 Å². The summed E-state index contributed by atoms with van der Waals surface area (Å²) >= 11 is 6.36. The molecule has 1 amide bonds. The lowest BCUT2D eigenvalue weighted by Crippen LogP contribution is -2.39. The van der Waals surface area contributed by atoms with Gasteiger partial charge in [-0.2, -0.15) is 5.10 Å². The molecule has 0 unspecified atom stereocenters. The number of halogens is 1. The maximum atomic E-state index is 12.8. The van der Waals surface area contributed by atoms with Crippen LogP contribution in [-0.4, -0.2) is 45.4 Å². The lowest BCUT2D eigenvalue weighted by Gasteiger charge is -2.28. The maximum Gasteiger partial charge on any atom is 0.268 e. The minimum atomic E-state index is -0.253. The first kappa shape index (κ1) is 26.2. The molecule has 186 valence electrons. The summed E-state index contributed by atoms with van der Waals surface area (Å²) in [6.45, 7) is 11.3. The zero-order valence-electron chi connectivity index (χ0n) is 20.7. The summed E-state index contributed by atoms with van der Waals surface area (Å²) < 4.78 is 11.1. The average molecular weight is 498 g/mol. The molecule has 4 aromatic rings. The van der Waals surface area contributed by atoms with Crippen LogP contribution in [-0.2, 0) is 11.3 Å². The van der Waals surface area contributed by atoms with Crippen LogP contribution >= 0.6 is 11.6 Å². The van der Waals surface area contributed by atoms with Crippen molar-refractivity contribution < 1.29 is 14.3 Å². The summed E-state index contributed by atoms with van der Waals surface area (Å²) in [4.78, 5) is 20.5. The largest absolute Gasteiger partial charge is 0.485 e. The molecular formula is C26H32ClN5O3. The number of carbonyl (C=O) groups excluding carboxylic acids is 1. The van der Waals surface area contributed by atoms with Gasteiger partial charge in [0, 0.05) is 33.8 Å². The van der Waals surface area contributed by atoms with Crippen molar-refractivity contribution in [2.45, 2.75) is 47.3 Å². The molecule has 8 nitrogen and oxygen atoms in total. The molecule has 1 aromatic carbocycles. The molecule has 1 aliphatic heterocycles. The van der Waals surface area contributed by atoms with Crippen molar-refractivity contribution in [2.24, 2.45) is 0 Å². The minimum absolute atomic E-state index is 0.0146. The Morgan fingerprint density at radius 2 is 1.97 bits per heavy atom. The third kappa shape index (κ3) is 6.01. The number of hydrogen-bond acceptors (Lipinski definition) is 5. The highest BCUT2D eigenvalue weighted by Gasteiger charge is 2.22. The number of H-pyrrole nitrogens is 2. The molecule has 4 heterocycles.